The van der Waals surface area contributed by atoms with Crippen molar-refractivity contribution in [1.29, 1.82) is 0 Å². The third kappa shape index (κ3) is 6.91. The number of rotatable bonds is 11. The third-order valence-corrected chi connectivity index (χ3v) is 7.38. The SMILES string of the molecule is CC(C)OC(=O)C(C)NP(=O)(OCC1(C(F)F)OC(n2cc(Cl)c(N)nc2=O)C(O)C1F)Oc1ccccc1. The Morgan fingerprint density at radius 2 is 1.97 bits per heavy atom. The van der Waals surface area contributed by atoms with Gasteiger partial charge in [-0.1, -0.05) is 29.8 Å². The van der Waals surface area contributed by atoms with Gasteiger partial charge in [0.05, 0.1) is 17.7 Å². The van der Waals surface area contributed by atoms with Crippen LogP contribution in [0.3, 0.4) is 0 Å². The zero-order valence-corrected chi connectivity index (χ0v) is 22.5. The molecular formula is C22H27ClF3N4O8P. The lowest BCUT2D eigenvalue weighted by Crippen LogP contribution is -2.51. The van der Waals surface area contributed by atoms with Gasteiger partial charge < -0.3 is 24.8 Å². The highest BCUT2D eigenvalue weighted by atomic mass is 35.5. The van der Waals surface area contributed by atoms with Crippen molar-refractivity contribution in [3.63, 3.8) is 0 Å². The maximum absolute atomic E-state index is 15.3. The molecule has 0 spiro atoms. The van der Waals surface area contributed by atoms with Gasteiger partial charge in [-0.3, -0.25) is 13.9 Å². The zero-order chi connectivity index (χ0) is 29.1. The van der Waals surface area contributed by atoms with Crippen LogP contribution in [0, 0.1) is 0 Å². The summed E-state index contributed by atoms with van der Waals surface area (Å²) in [5.74, 6) is -1.29. The molecule has 39 heavy (non-hydrogen) atoms. The van der Waals surface area contributed by atoms with Gasteiger partial charge in [0.25, 0.3) is 6.43 Å². The van der Waals surface area contributed by atoms with E-state index in [2.05, 4.69) is 10.1 Å². The third-order valence-electron chi connectivity index (χ3n) is 5.46. The number of hydrogen-bond acceptors (Lipinski definition) is 10. The van der Waals surface area contributed by atoms with E-state index in [1.54, 1.807) is 19.9 Å². The molecule has 0 saturated carbocycles. The lowest BCUT2D eigenvalue weighted by Gasteiger charge is -2.31. The number of carbonyl (C=O) groups excluding carboxylic acids is 1. The van der Waals surface area contributed by atoms with Gasteiger partial charge in [0.2, 0.25) is 0 Å². The van der Waals surface area contributed by atoms with E-state index in [1.807, 2.05) is 0 Å². The number of ether oxygens (including phenoxy) is 2. The number of aromatic nitrogens is 2. The van der Waals surface area contributed by atoms with E-state index < -0.39 is 68.7 Å². The van der Waals surface area contributed by atoms with Crippen molar-refractivity contribution in [2.24, 2.45) is 0 Å². The Kier molecular flexibility index (Phi) is 9.68. The number of nitrogens with zero attached hydrogens (tertiary/aromatic N) is 2. The van der Waals surface area contributed by atoms with Crippen molar-refractivity contribution in [2.45, 2.75) is 63.4 Å². The number of nitrogens with one attached hydrogen (secondary N) is 1. The minimum absolute atomic E-state index is 0.0416. The fourth-order valence-corrected chi connectivity index (χ4v) is 5.20. The summed E-state index contributed by atoms with van der Waals surface area (Å²) in [5, 5.41) is 12.4. The summed E-state index contributed by atoms with van der Waals surface area (Å²) in [6, 6.07) is 6.05. The Morgan fingerprint density at radius 1 is 1.33 bits per heavy atom. The summed E-state index contributed by atoms with van der Waals surface area (Å²) in [4.78, 5) is 27.9. The molecule has 1 aliphatic heterocycles. The average molecular weight is 599 g/mol. The Labute approximate surface area is 225 Å². The second-order valence-corrected chi connectivity index (χ2v) is 10.9. The number of carbonyl (C=O) groups is 1. The van der Waals surface area contributed by atoms with E-state index in [9.17, 15) is 28.0 Å². The van der Waals surface area contributed by atoms with Gasteiger partial charge in [-0.15, -0.1) is 0 Å². The van der Waals surface area contributed by atoms with Crippen LogP contribution in [0.4, 0.5) is 19.0 Å². The topological polar surface area (TPSA) is 164 Å². The van der Waals surface area contributed by atoms with E-state index in [4.69, 9.17) is 35.9 Å². The number of anilines is 1. The monoisotopic (exact) mass is 598 g/mol. The minimum atomic E-state index is -4.72. The smallest absolute Gasteiger partial charge is 0.459 e. The number of halogens is 4. The van der Waals surface area contributed by atoms with Crippen LogP contribution in [-0.2, 0) is 23.4 Å². The van der Waals surface area contributed by atoms with Crippen molar-refractivity contribution in [3.05, 3.63) is 52.0 Å². The molecule has 2 heterocycles. The van der Waals surface area contributed by atoms with Gasteiger partial charge >= 0.3 is 19.4 Å². The molecule has 1 aliphatic rings. The first-order valence-electron chi connectivity index (χ1n) is 11.5. The predicted molar refractivity (Wildman–Crippen MR) is 132 cm³/mol. The molecule has 1 saturated heterocycles. The molecule has 6 unspecified atom stereocenters. The first-order valence-corrected chi connectivity index (χ1v) is 13.4. The number of esters is 1. The number of para-hydroxylation sites is 1. The van der Waals surface area contributed by atoms with Gasteiger partial charge in [0, 0.05) is 6.20 Å². The molecule has 0 radical (unpaired) electrons. The largest absolute Gasteiger partial charge is 0.462 e. The second-order valence-electron chi connectivity index (χ2n) is 8.83. The highest BCUT2D eigenvalue weighted by Crippen LogP contribution is 2.49. The molecule has 0 bridgehead atoms. The summed E-state index contributed by atoms with van der Waals surface area (Å²) >= 11 is 5.83. The number of hydrogen-bond donors (Lipinski definition) is 3. The summed E-state index contributed by atoms with van der Waals surface area (Å²) < 4.78 is 78.9. The van der Waals surface area contributed by atoms with Crippen molar-refractivity contribution in [1.82, 2.24) is 14.6 Å². The highest BCUT2D eigenvalue weighted by molar-refractivity contribution is 7.52. The number of nitrogen functional groups attached to an aromatic ring is 1. The van der Waals surface area contributed by atoms with E-state index in [0.717, 1.165) is 6.20 Å². The molecule has 17 heteroatoms. The lowest BCUT2D eigenvalue weighted by atomic mass is 9.98. The molecule has 6 atom stereocenters. The minimum Gasteiger partial charge on any atom is -0.462 e. The Morgan fingerprint density at radius 3 is 2.56 bits per heavy atom. The molecule has 2 aromatic rings. The Hall–Kier alpha value is -2.68. The summed E-state index contributed by atoms with van der Waals surface area (Å²) in [7, 11) is -4.72. The number of benzene rings is 1. The normalized spacial score (nSPS) is 25.4. The average Bonchev–Trinajstić information content (AvgIpc) is 3.11. The van der Waals surface area contributed by atoms with Gasteiger partial charge in [-0.05, 0) is 32.9 Å². The van der Waals surface area contributed by atoms with Crippen LogP contribution in [0.2, 0.25) is 5.02 Å². The van der Waals surface area contributed by atoms with Crippen LogP contribution in [0.15, 0.2) is 41.3 Å². The van der Waals surface area contributed by atoms with E-state index in [0.29, 0.717) is 4.57 Å². The van der Waals surface area contributed by atoms with Gasteiger partial charge in [-0.2, -0.15) is 10.1 Å². The molecule has 1 fully saturated rings. The van der Waals surface area contributed by atoms with Crippen molar-refractivity contribution >= 4 is 31.1 Å². The molecule has 0 aliphatic carbocycles. The van der Waals surface area contributed by atoms with E-state index >= 15 is 4.39 Å². The summed E-state index contributed by atoms with van der Waals surface area (Å²) in [6.45, 7) is 2.95. The second kappa shape index (κ2) is 12.2. The Balaban J connectivity index is 1.92. The molecule has 12 nitrogen and oxygen atoms in total. The van der Waals surface area contributed by atoms with Crippen LogP contribution in [0.5, 0.6) is 5.75 Å². The molecule has 1 aromatic carbocycles. The van der Waals surface area contributed by atoms with Crippen molar-refractivity contribution in [3.8, 4) is 5.75 Å². The predicted octanol–water partition coefficient (Wildman–Crippen LogP) is 2.84. The lowest BCUT2D eigenvalue weighted by molar-refractivity contribution is -0.183. The van der Waals surface area contributed by atoms with Gasteiger partial charge in [0.1, 0.15) is 23.7 Å². The molecular weight excluding hydrogens is 572 g/mol. The van der Waals surface area contributed by atoms with E-state index in [-0.39, 0.29) is 16.6 Å². The van der Waals surface area contributed by atoms with Crippen LogP contribution in [0.1, 0.15) is 27.0 Å². The molecule has 0 amide bonds. The molecule has 4 N–H and O–H groups in total. The van der Waals surface area contributed by atoms with Crippen LogP contribution in [-0.4, -0.2) is 63.7 Å². The maximum Gasteiger partial charge on any atom is 0.459 e. The highest BCUT2D eigenvalue weighted by Gasteiger charge is 2.63. The first kappa shape index (κ1) is 30.9. The number of aliphatic hydroxyl groups excluding tert-OH is 1. The first-order chi connectivity index (χ1) is 18.2. The van der Waals surface area contributed by atoms with Crippen LogP contribution < -0.4 is 21.0 Å². The quantitative estimate of drug-likeness (QED) is 0.257. The molecule has 1 aromatic heterocycles. The zero-order valence-electron chi connectivity index (χ0n) is 20.9. The summed E-state index contributed by atoms with van der Waals surface area (Å²) in [5.41, 5.74) is 1.03. The van der Waals surface area contributed by atoms with Crippen LogP contribution in [0.25, 0.3) is 0 Å². The van der Waals surface area contributed by atoms with Crippen molar-refractivity contribution in [2.75, 3.05) is 12.3 Å². The van der Waals surface area contributed by atoms with Gasteiger partial charge in [-0.25, -0.2) is 22.5 Å². The molecule has 3 rings (SSSR count). The maximum atomic E-state index is 15.3. The Bertz CT molecular complexity index is 1270. The van der Waals surface area contributed by atoms with Gasteiger partial charge in [0.15, 0.2) is 18.0 Å². The van der Waals surface area contributed by atoms with Crippen molar-refractivity contribution < 1.29 is 46.2 Å². The van der Waals surface area contributed by atoms with Crippen LogP contribution >= 0.6 is 19.3 Å². The standard InChI is InChI=1S/C22H27ClF3N4O8P/c1-11(2)36-19(32)12(3)29-39(34,38-13-7-5-4-6-8-13)35-10-22(20(25)26)16(24)15(31)18(37-22)30-9-14(23)17(27)28-21(30)33/h4-9,11-12,15-16,18,20,31H,10H2,1-3H3,(H,29,34)(H2,27,28,33). The molecule has 216 valence electrons. The number of nitrogens with two attached hydrogens (primary N) is 1. The number of aliphatic hydroxyl groups is 1. The fraction of sp³-hybridized carbons (Fsp3) is 0.500. The fourth-order valence-electron chi connectivity index (χ4n) is 3.52. The number of alkyl halides is 3. The summed E-state index contributed by atoms with van der Waals surface area (Å²) in [6.07, 6.45) is -10.6. The van der Waals surface area contributed by atoms with E-state index in [1.165, 1.54) is 31.2 Å².